The van der Waals surface area contributed by atoms with Crippen molar-refractivity contribution in [3.8, 4) is 0 Å². The van der Waals surface area contributed by atoms with E-state index in [0.717, 1.165) is 31.2 Å². The first kappa shape index (κ1) is 30.5. The fourth-order valence-electron chi connectivity index (χ4n) is 5.60. The van der Waals surface area contributed by atoms with Crippen molar-refractivity contribution in [2.75, 3.05) is 18.0 Å². The first-order valence-electron chi connectivity index (χ1n) is 14.7. The molecule has 2 amide bonds. The van der Waals surface area contributed by atoms with Gasteiger partial charge in [-0.15, -0.1) is 0 Å². The van der Waals surface area contributed by atoms with Crippen LogP contribution in [0.4, 0.5) is 10.2 Å². The van der Waals surface area contributed by atoms with Crippen LogP contribution in [0.25, 0.3) is 11.2 Å². The molecule has 11 heteroatoms. The molecule has 8 nitrogen and oxygen atoms in total. The number of hydrogen-bond acceptors (Lipinski definition) is 5. The first-order chi connectivity index (χ1) is 19.9. The van der Waals surface area contributed by atoms with Crippen molar-refractivity contribution < 1.29 is 14.0 Å². The van der Waals surface area contributed by atoms with Gasteiger partial charge in [-0.05, 0) is 61.3 Å². The lowest BCUT2D eigenvalue weighted by Crippen LogP contribution is -2.38. The summed E-state index contributed by atoms with van der Waals surface area (Å²) in [5.41, 5.74) is 2.35. The van der Waals surface area contributed by atoms with Gasteiger partial charge in [0.2, 0.25) is 5.91 Å². The molecule has 1 aliphatic heterocycles. The van der Waals surface area contributed by atoms with Gasteiger partial charge in [0.15, 0.2) is 5.65 Å². The molecule has 1 saturated heterocycles. The van der Waals surface area contributed by atoms with Gasteiger partial charge in [-0.1, -0.05) is 57.0 Å². The molecule has 1 saturated carbocycles. The van der Waals surface area contributed by atoms with Crippen molar-refractivity contribution in [1.29, 1.82) is 0 Å². The molecule has 2 aromatic heterocycles. The Labute approximate surface area is 256 Å². The zero-order valence-electron chi connectivity index (χ0n) is 24.6. The minimum atomic E-state index is -0.960. The Morgan fingerprint density at radius 1 is 1.12 bits per heavy atom. The summed E-state index contributed by atoms with van der Waals surface area (Å²) in [4.78, 5) is 40.5. The van der Waals surface area contributed by atoms with Crippen LogP contribution in [0.15, 0.2) is 18.2 Å². The molecule has 1 atom stereocenters. The van der Waals surface area contributed by atoms with E-state index in [-0.39, 0.29) is 30.9 Å². The van der Waals surface area contributed by atoms with E-state index in [1.54, 1.807) is 18.2 Å². The van der Waals surface area contributed by atoms with Crippen LogP contribution < -0.4 is 15.5 Å². The van der Waals surface area contributed by atoms with Crippen molar-refractivity contribution in [2.24, 2.45) is 11.3 Å². The normalized spacial score (nSPS) is 21.1. The van der Waals surface area contributed by atoms with E-state index in [9.17, 15) is 14.0 Å². The third-order valence-corrected chi connectivity index (χ3v) is 9.08. The summed E-state index contributed by atoms with van der Waals surface area (Å²) in [6, 6.07) is 5.44. The lowest BCUT2D eigenvalue weighted by Gasteiger charge is -2.27. The highest BCUT2D eigenvalue weighted by molar-refractivity contribution is 6.36. The fourth-order valence-corrected chi connectivity index (χ4v) is 6.18. The van der Waals surface area contributed by atoms with E-state index in [0.29, 0.717) is 69.3 Å². The van der Waals surface area contributed by atoms with Gasteiger partial charge in [-0.3, -0.25) is 9.59 Å². The third-order valence-electron chi connectivity index (χ3n) is 8.26. The summed E-state index contributed by atoms with van der Waals surface area (Å²) in [7, 11) is 0. The molecule has 3 N–H and O–H groups in total. The Bertz CT molecular complexity index is 1480. The van der Waals surface area contributed by atoms with Gasteiger partial charge in [0.25, 0.3) is 5.91 Å². The molecule has 2 fully saturated rings. The fraction of sp³-hybridized carbons (Fsp3) is 0.548. The number of halogens is 3. The summed E-state index contributed by atoms with van der Waals surface area (Å²) < 4.78 is 14.2. The van der Waals surface area contributed by atoms with Crippen molar-refractivity contribution in [3.63, 3.8) is 0 Å². The van der Waals surface area contributed by atoms with E-state index in [1.807, 2.05) is 25.7 Å². The quantitative estimate of drug-likeness (QED) is 0.286. The number of carbonyl (C=O) groups is 2. The molecule has 1 aromatic carbocycles. The van der Waals surface area contributed by atoms with Crippen LogP contribution in [-0.4, -0.2) is 52.1 Å². The number of alkyl halides is 1. The van der Waals surface area contributed by atoms with Crippen LogP contribution in [-0.2, 0) is 17.8 Å². The second-order valence-corrected chi connectivity index (χ2v) is 13.6. The number of nitrogens with zero attached hydrogens (tertiary/aromatic N) is 3. The highest BCUT2D eigenvalue weighted by atomic mass is 35.5. The van der Waals surface area contributed by atoms with Crippen molar-refractivity contribution in [2.45, 2.75) is 85.0 Å². The molecule has 0 radical (unpaired) electrons. The zero-order chi connectivity index (χ0) is 30.2. The maximum absolute atomic E-state index is 14.2. The largest absolute Gasteiger partial charge is 0.353 e. The van der Waals surface area contributed by atoms with E-state index in [4.69, 9.17) is 33.2 Å². The number of fused-ring (bicyclic) bond motifs is 1. The Balaban J connectivity index is 1.42. The highest BCUT2D eigenvalue weighted by Crippen LogP contribution is 2.32. The number of carbonyl (C=O) groups excluding carboxylic acids is 2. The maximum atomic E-state index is 14.2. The van der Waals surface area contributed by atoms with E-state index in [1.165, 1.54) is 0 Å². The molecule has 0 spiro atoms. The smallest absolute Gasteiger partial charge is 0.255 e. The van der Waals surface area contributed by atoms with E-state index < -0.39 is 11.6 Å². The summed E-state index contributed by atoms with van der Waals surface area (Å²) in [6.07, 6.45) is 3.80. The van der Waals surface area contributed by atoms with Gasteiger partial charge in [0.1, 0.15) is 17.8 Å². The second-order valence-electron chi connectivity index (χ2n) is 12.8. The van der Waals surface area contributed by atoms with E-state index in [2.05, 4.69) is 22.5 Å². The van der Waals surface area contributed by atoms with Crippen LogP contribution in [0, 0.1) is 11.3 Å². The van der Waals surface area contributed by atoms with Crippen LogP contribution in [0.2, 0.25) is 10.0 Å². The molecule has 0 bridgehead atoms. The number of hydrogen-bond donors (Lipinski definition) is 3. The topological polar surface area (TPSA) is 103 Å². The van der Waals surface area contributed by atoms with E-state index >= 15 is 0 Å². The predicted octanol–water partition coefficient (Wildman–Crippen LogP) is 6.37. The molecule has 3 aromatic rings. The molecular weight excluding hydrogens is 578 g/mol. The summed E-state index contributed by atoms with van der Waals surface area (Å²) >= 11 is 13.3. The monoisotopic (exact) mass is 616 g/mol. The maximum Gasteiger partial charge on any atom is 0.255 e. The lowest BCUT2D eigenvalue weighted by atomic mass is 9.87. The van der Waals surface area contributed by atoms with Crippen molar-refractivity contribution in [1.82, 2.24) is 25.6 Å². The number of aromatic nitrogens is 3. The van der Waals surface area contributed by atoms with Crippen LogP contribution >= 0.6 is 23.2 Å². The average molecular weight is 618 g/mol. The lowest BCUT2D eigenvalue weighted by molar-refractivity contribution is -0.128. The first-order valence-corrected chi connectivity index (χ1v) is 15.5. The number of H-pyrrole nitrogens is 1. The van der Waals surface area contributed by atoms with Gasteiger partial charge < -0.3 is 20.5 Å². The Morgan fingerprint density at radius 2 is 1.86 bits per heavy atom. The minimum absolute atomic E-state index is 0.0794. The molecule has 2 aliphatic rings. The van der Waals surface area contributed by atoms with Crippen molar-refractivity contribution >= 4 is 52.0 Å². The van der Waals surface area contributed by atoms with Gasteiger partial charge in [-0.2, -0.15) is 0 Å². The minimum Gasteiger partial charge on any atom is -0.353 e. The highest BCUT2D eigenvalue weighted by Gasteiger charge is 2.29. The molecule has 42 heavy (non-hydrogen) atoms. The Kier molecular flexibility index (Phi) is 8.99. The predicted molar refractivity (Wildman–Crippen MR) is 165 cm³/mol. The number of pyridine rings is 1. The zero-order valence-corrected chi connectivity index (χ0v) is 26.1. The molecule has 226 valence electrons. The molecule has 5 rings (SSSR count). The molecule has 1 aliphatic carbocycles. The van der Waals surface area contributed by atoms with Gasteiger partial charge >= 0.3 is 0 Å². The average Bonchev–Trinajstić information content (AvgIpc) is 3.55. The van der Waals surface area contributed by atoms with Gasteiger partial charge in [-0.25, -0.2) is 14.4 Å². The third kappa shape index (κ3) is 6.83. The number of imidazole rings is 1. The van der Waals surface area contributed by atoms with Gasteiger partial charge in [0, 0.05) is 36.0 Å². The number of rotatable bonds is 7. The standard InChI is InChI=1S/C31H39Cl2FN6O2/c1-17-5-8-20(9-6-17)36-29(41)22-13-24-27(39-28(22)40-12-11-19(34)16-40)38-25(37-24)14-21-23(32)10-7-18(26(21)33)15-35-30(42)31(2,3)4/h7,10,13,17,19-20H,5-6,8-9,11-12,14-16H2,1-4H3,(H,35,42)(H,36,41)(H,37,38,39)/t17?,19-,20?/m1/s1. The SMILES string of the molecule is CC1CCC(NC(=O)c2cc3[nH]c(Cc4c(Cl)ccc(CNC(=O)C(C)(C)C)c4Cl)nc3nc2N2CC[C@@H](F)C2)CC1. The molecule has 0 unspecified atom stereocenters. The summed E-state index contributed by atoms with van der Waals surface area (Å²) in [6.45, 7) is 8.75. The van der Waals surface area contributed by atoms with Gasteiger partial charge in [0.05, 0.1) is 22.6 Å². The number of aromatic amines is 1. The van der Waals surface area contributed by atoms with Crippen LogP contribution in [0.3, 0.4) is 0 Å². The Morgan fingerprint density at radius 3 is 2.52 bits per heavy atom. The number of nitrogens with one attached hydrogen (secondary N) is 3. The van der Waals surface area contributed by atoms with Crippen LogP contribution in [0.1, 0.15) is 87.1 Å². The number of anilines is 1. The van der Waals surface area contributed by atoms with Crippen LogP contribution in [0.5, 0.6) is 0 Å². The molecular formula is C31H39Cl2FN6O2. The Hall–Kier alpha value is -2.91. The summed E-state index contributed by atoms with van der Waals surface area (Å²) in [5, 5.41) is 7.06. The summed E-state index contributed by atoms with van der Waals surface area (Å²) in [5.74, 6) is 1.42. The number of benzene rings is 1. The number of amides is 2. The second kappa shape index (κ2) is 12.4. The molecule has 3 heterocycles. The van der Waals surface area contributed by atoms with Crippen molar-refractivity contribution in [3.05, 3.63) is 50.8 Å².